The van der Waals surface area contributed by atoms with Crippen LogP contribution in [0, 0.1) is 18.6 Å². The number of hydrogen-bond acceptors (Lipinski definition) is 1. The Morgan fingerprint density at radius 1 is 1.33 bits per heavy atom. The van der Waals surface area contributed by atoms with Gasteiger partial charge in [0, 0.05) is 25.0 Å². The molecule has 3 nitrogen and oxygen atoms in total. The Kier molecular flexibility index (Phi) is 3.41. The van der Waals surface area contributed by atoms with E-state index in [4.69, 9.17) is 0 Å². The first-order valence-corrected chi connectivity index (χ1v) is 5.43. The maximum absolute atomic E-state index is 13.4. The summed E-state index contributed by atoms with van der Waals surface area (Å²) in [5, 5.41) is 2.57. The molecule has 0 spiro atoms. The number of carbonyl (C=O) groups is 1. The highest BCUT2D eigenvalue weighted by atomic mass is 19.1. The molecule has 2 rings (SSSR count). The molecule has 0 saturated heterocycles. The minimum absolute atomic E-state index is 0.149. The molecule has 1 heterocycles. The largest absolute Gasteiger partial charge is 0.367 e. The highest BCUT2D eigenvalue weighted by Crippen LogP contribution is 2.14. The first-order chi connectivity index (χ1) is 8.58. The number of aromatic amines is 1. The molecule has 0 aliphatic carbocycles. The molecular weight excluding hydrogens is 238 g/mol. The lowest BCUT2D eigenvalue weighted by Crippen LogP contribution is -2.23. The Morgan fingerprint density at radius 2 is 2.11 bits per heavy atom. The summed E-state index contributed by atoms with van der Waals surface area (Å²) in [5.74, 6) is -2.07. The first-order valence-electron chi connectivity index (χ1n) is 5.43. The van der Waals surface area contributed by atoms with Crippen molar-refractivity contribution in [2.45, 2.75) is 13.5 Å². The molecular formula is C13H12F2N2O. The number of hydrogen-bond donors (Lipinski definition) is 2. The van der Waals surface area contributed by atoms with E-state index in [9.17, 15) is 13.6 Å². The fourth-order valence-corrected chi connectivity index (χ4v) is 1.58. The number of halogens is 2. The lowest BCUT2D eigenvalue weighted by Gasteiger charge is -2.06. The summed E-state index contributed by atoms with van der Waals surface area (Å²) < 4.78 is 26.5. The molecule has 0 radical (unpaired) electrons. The van der Waals surface area contributed by atoms with Gasteiger partial charge in [-0.3, -0.25) is 4.79 Å². The molecule has 0 unspecified atom stereocenters. The van der Waals surface area contributed by atoms with Gasteiger partial charge in [-0.25, -0.2) is 8.78 Å². The summed E-state index contributed by atoms with van der Waals surface area (Å²) >= 11 is 0. The van der Waals surface area contributed by atoms with Crippen LogP contribution in [0.1, 0.15) is 21.5 Å². The first kappa shape index (κ1) is 12.3. The third-order valence-electron chi connectivity index (χ3n) is 2.61. The van der Waals surface area contributed by atoms with Crippen LogP contribution in [0.3, 0.4) is 0 Å². The Hall–Kier alpha value is -2.17. The van der Waals surface area contributed by atoms with Crippen molar-refractivity contribution < 1.29 is 13.6 Å². The second-order valence-corrected chi connectivity index (χ2v) is 3.98. The highest BCUT2D eigenvalue weighted by Gasteiger charge is 2.14. The van der Waals surface area contributed by atoms with Gasteiger partial charge in [0.1, 0.15) is 11.6 Å². The molecule has 5 heteroatoms. The number of H-pyrrole nitrogens is 1. The van der Waals surface area contributed by atoms with Gasteiger partial charge in [-0.2, -0.15) is 0 Å². The highest BCUT2D eigenvalue weighted by molar-refractivity contribution is 5.94. The summed E-state index contributed by atoms with van der Waals surface area (Å²) in [4.78, 5) is 14.6. The van der Waals surface area contributed by atoms with Crippen molar-refractivity contribution in [1.29, 1.82) is 0 Å². The molecule has 2 N–H and O–H groups in total. The molecule has 1 amide bonds. The lowest BCUT2D eigenvalue weighted by molar-refractivity contribution is 0.0946. The van der Waals surface area contributed by atoms with Crippen LogP contribution in [-0.2, 0) is 6.54 Å². The quantitative estimate of drug-likeness (QED) is 0.863. The molecule has 0 fully saturated rings. The Balaban J connectivity index is 2.11. The normalized spacial score (nSPS) is 10.4. The van der Waals surface area contributed by atoms with Crippen molar-refractivity contribution in [1.82, 2.24) is 10.3 Å². The summed E-state index contributed by atoms with van der Waals surface area (Å²) in [6.07, 6.45) is 3.46. The average Bonchev–Trinajstić information content (AvgIpc) is 2.84. The van der Waals surface area contributed by atoms with E-state index in [1.165, 1.54) is 13.0 Å². The Labute approximate surface area is 103 Å². The zero-order valence-electron chi connectivity index (χ0n) is 9.76. The van der Waals surface area contributed by atoms with Crippen LogP contribution in [0.4, 0.5) is 8.78 Å². The van der Waals surface area contributed by atoms with E-state index >= 15 is 0 Å². The molecule has 0 atom stereocenters. The fourth-order valence-electron chi connectivity index (χ4n) is 1.58. The van der Waals surface area contributed by atoms with E-state index in [0.717, 1.165) is 11.6 Å². The minimum Gasteiger partial charge on any atom is -0.367 e. The number of rotatable bonds is 3. The average molecular weight is 250 g/mol. The van der Waals surface area contributed by atoms with Crippen LogP contribution in [0.5, 0.6) is 0 Å². The van der Waals surface area contributed by atoms with E-state index in [0.29, 0.717) is 0 Å². The van der Waals surface area contributed by atoms with Gasteiger partial charge in [-0.1, -0.05) is 0 Å². The van der Waals surface area contributed by atoms with Crippen LogP contribution in [0.15, 0.2) is 30.6 Å². The topological polar surface area (TPSA) is 44.9 Å². The van der Waals surface area contributed by atoms with Crippen LogP contribution in [0.2, 0.25) is 0 Å². The van der Waals surface area contributed by atoms with Gasteiger partial charge in [0.05, 0.1) is 5.56 Å². The number of aryl methyl sites for hydroxylation is 1. The number of carbonyl (C=O) groups excluding carboxylic acids is 1. The van der Waals surface area contributed by atoms with Gasteiger partial charge in [-0.15, -0.1) is 0 Å². The van der Waals surface area contributed by atoms with Crippen LogP contribution in [-0.4, -0.2) is 10.9 Å². The third-order valence-corrected chi connectivity index (χ3v) is 2.61. The van der Waals surface area contributed by atoms with Gasteiger partial charge < -0.3 is 10.3 Å². The smallest absolute Gasteiger partial charge is 0.254 e. The fraction of sp³-hybridized carbons (Fsp3) is 0.154. The second kappa shape index (κ2) is 5.00. The van der Waals surface area contributed by atoms with E-state index in [-0.39, 0.29) is 17.7 Å². The number of aromatic nitrogens is 1. The van der Waals surface area contributed by atoms with Gasteiger partial charge in [0.25, 0.3) is 5.91 Å². The van der Waals surface area contributed by atoms with Crippen molar-refractivity contribution in [3.8, 4) is 0 Å². The summed E-state index contributed by atoms with van der Waals surface area (Å²) in [6, 6.07) is 3.73. The van der Waals surface area contributed by atoms with Crippen LogP contribution >= 0.6 is 0 Å². The maximum Gasteiger partial charge on any atom is 0.254 e. The zero-order chi connectivity index (χ0) is 13.1. The molecule has 0 aliphatic rings. The summed E-state index contributed by atoms with van der Waals surface area (Å²) in [7, 11) is 0. The molecule has 2 aromatic rings. The predicted molar refractivity (Wildman–Crippen MR) is 63.1 cm³/mol. The Morgan fingerprint density at radius 3 is 2.78 bits per heavy atom. The monoisotopic (exact) mass is 250 g/mol. The SMILES string of the molecule is Cc1cc(C(=O)NCc2cc[nH]c2)c(F)cc1F. The molecule has 1 aromatic heterocycles. The van der Waals surface area contributed by atoms with Gasteiger partial charge in [0.15, 0.2) is 0 Å². The maximum atomic E-state index is 13.4. The van der Waals surface area contributed by atoms with E-state index in [1.807, 2.05) is 0 Å². The lowest BCUT2D eigenvalue weighted by atomic mass is 10.1. The predicted octanol–water partition coefficient (Wildman–Crippen LogP) is 2.53. The number of nitrogens with one attached hydrogen (secondary N) is 2. The standard InChI is InChI=1S/C13H12F2N2O/c1-8-4-10(12(15)5-11(8)14)13(18)17-7-9-2-3-16-6-9/h2-6,16H,7H2,1H3,(H,17,18). The van der Waals surface area contributed by atoms with E-state index in [1.54, 1.807) is 18.5 Å². The Bertz CT molecular complexity index is 565. The molecule has 1 aromatic carbocycles. The van der Waals surface area contributed by atoms with Crippen molar-refractivity contribution in [3.63, 3.8) is 0 Å². The van der Waals surface area contributed by atoms with Gasteiger partial charge in [0.2, 0.25) is 0 Å². The van der Waals surface area contributed by atoms with Crippen molar-refractivity contribution in [3.05, 3.63) is 58.9 Å². The summed E-state index contributed by atoms with van der Waals surface area (Å²) in [5.41, 5.74) is 0.968. The van der Waals surface area contributed by atoms with Crippen molar-refractivity contribution in [2.75, 3.05) is 0 Å². The van der Waals surface area contributed by atoms with Gasteiger partial charge >= 0.3 is 0 Å². The minimum atomic E-state index is -0.857. The third kappa shape index (κ3) is 2.56. The number of benzene rings is 1. The molecule has 18 heavy (non-hydrogen) atoms. The zero-order valence-corrected chi connectivity index (χ0v) is 9.76. The molecule has 0 saturated carbocycles. The second-order valence-electron chi connectivity index (χ2n) is 3.98. The molecule has 0 bridgehead atoms. The van der Waals surface area contributed by atoms with Crippen LogP contribution in [0.25, 0.3) is 0 Å². The number of amides is 1. The van der Waals surface area contributed by atoms with Crippen molar-refractivity contribution >= 4 is 5.91 Å². The summed E-state index contributed by atoms with van der Waals surface area (Å²) in [6.45, 7) is 1.77. The molecule has 0 aliphatic heterocycles. The van der Waals surface area contributed by atoms with E-state index < -0.39 is 17.5 Å². The van der Waals surface area contributed by atoms with Crippen molar-refractivity contribution in [2.24, 2.45) is 0 Å². The molecule has 94 valence electrons. The van der Waals surface area contributed by atoms with E-state index in [2.05, 4.69) is 10.3 Å². The van der Waals surface area contributed by atoms with Crippen LogP contribution < -0.4 is 5.32 Å². The van der Waals surface area contributed by atoms with Gasteiger partial charge in [-0.05, 0) is 30.2 Å².